The lowest BCUT2D eigenvalue weighted by atomic mass is 10.0. The number of para-hydroxylation sites is 1. The number of benzene rings is 2. The standard InChI is InChI=1S/C21H23NO5/c1-21(2)12-14-9-7-11-17(19(14)27-21)26-13-15-8-5-6-10-16(15)18(22-25-4)20(23)24-3/h5-11H,12-13H2,1-4H3/b22-18+. The zero-order valence-electron chi connectivity index (χ0n) is 15.9. The number of hydrogen-bond donors (Lipinski definition) is 0. The number of nitrogens with zero attached hydrogens (tertiary/aromatic N) is 1. The van der Waals surface area contributed by atoms with Gasteiger partial charge in [0.2, 0.25) is 0 Å². The summed E-state index contributed by atoms with van der Waals surface area (Å²) in [7, 11) is 2.69. The highest BCUT2D eigenvalue weighted by atomic mass is 16.6. The van der Waals surface area contributed by atoms with Crippen LogP contribution in [0.25, 0.3) is 0 Å². The summed E-state index contributed by atoms with van der Waals surface area (Å²) >= 11 is 0. The molecule has 0 radical (unpaired) electrons. The van der Waals surface area contributed by atoms with Crippen molar-refractivity contribution in [1.82, 2.24) is 0 Å². The van der Waals surface area contributed by atoms with E-state index in [2.05, 4.69) is 19.0 Å². The van der Waals surface area contributed by atoms with Gasteiger partial charge in [0.1, 0.15) is 19.3 Å². The van der Waals surface area contributed by atoms with Crippen LogP contribution in [0.15, 0.2) is 47.6 Å². The first-order valence-electron chi connectivity index (χ1n) is 8.66. The van der Waals surface area contributed by atoms with Crippen LogP contribution in [0.1, 0.15) is 30.5 Å². The van der Waals surface area contributed by atoms with Crippen molar-refractivity contribution >= 4 is 11.7 Å². The molecule has 0 saturated heterocycles. The van der Waals surface area contributed by atoms with Crippen molar-refractivity contribution in [2.75, 3.05) is 14.2 Å². The third kappa shape index (κ3) is 4.05. The van der Waals surface area contributed by atoms with Gasteiger partial charge in [-0.25, -0.2) is 4.79 Å². The third-order valence-electron chi connectivity index (χ3n) is 4.27. The number of hydrogen-bond acceptors (Lipinski definition) is 6. The lowest BCUT2D eigenvalue weighted by Gasteiger charge is -2.18. The predicted octanol–water partition coefficient (Wildman–Crippen LogP) is 3.50. The molecule has 1 heterocycles. The van der Waals surface area contributed by atoms with E-state index in [0.717, 1.165) is 23.3 Å². The van der Waals surface area contributed by atoms with Crippen molar-refractivity contribution in [3.05, 3.63) is 59.2 Å². The Bertz CT molecular complexity index is 873. The van der Waals surface area contributed by atoms with Crippen molar-refractivity contribution in [3.63, 3.8) is 0 Å². The molecule has 3 rings (SSSR count). The van der Waals surface area contributed by atoms with Crippen LogP contribution in [0.4, 0.5) is 0 Å². The average Bonchev–Trinajstić information content (AvgIpc) is 2.98. The summed E-state index contributed by atoms with van der Waals surface area (Å²) in [6.45, 7) is 4.35. The van der Waals surface area contributed by atoms with Crippen molar-refractivity contribution in [2.24, 2.45) is 5.16 Å². The number of carbonyl (C=O) groups is 1. The van der Waals surface area contributed by atoms with Crippen LogP contribution < -0.4 is 9.47 Å². The van der Waals surface area contributed by atoms with Crippen molar-refractivity contribution < 1.29 is 23.8 Å². The molecule has 0 atom stereocenters. The maximum Gasteiger partial charge on any atom is 0.360 e. The summed E-state index contributed by atoms with van der Waals surface area (Å²) in [5.74, 6) is 0.880. The lowest BCUT2D eigenvalue weighted by molar-refractivity contribution is -0.132. The molecule has 6 nitrogen and oxygen atoms in total. The second kappa shape index (κ2) is 7.70. The van der Waals surface area contributed by atoms with Gasteiger partial charge < -0.3 is 19.0 Å². The van der Waals surface area contributed by atoms with E-state index in [9.17, 15) is 4.79 Å². The number of methoxy groups -OCH3 is 1. The molecule has 0 amide bonds. The van der Waals surface area contributed by atoms with E-state index in [1.807, 2.05) is 36.4 Å². The summed E-state index contributed by atoms with van der Waals surface area (Å²) in [5, 5.41) is 3.82. The first kappa shape index (κ1) is 18.8. The third-order valence-corrected chi connectivity index (χ3v) is 4.27. The maximum atomic E-state index is 12.1. The Morgan fingerprint density at radius 3 is 2.67 bits per heavy atom. The Balaban J connectivity index is 1.86. The fraction of sp³-hybridized carbons (Fsp3) is 0.333. The van der Waals surface area contributed by atoms with E-state index in [1.54, 1.807) is 6.07 Å². The number of fused-ring (bicyclic) bond motifs is 1. The molecule has 0 unspecified atom stereocenters. The number of carbonyl (C=O) groups excluding carboxylic acids is 1. The molecule has 0 spiro atoms. The smallest absolute Gasteiger partial charge is 0.360 e. The van der Waals surface area contributed by atoms with Gasteiger partial charge in [-0.2, -0.15) is 0 Å². The zero-order valence-corrected chi connectivity index (χ0v) is 15.9. The van der Waals surface area contributed by atoms with Crippen molar-refractivity contribution in [1.29, 1.82) is 0 Å². The Labute approximate surface area is 158 Å². The number of rotatable bonds is 6. The summed E-state index contributed by atoms with van der Waals surface area (Å²) in [6, 6.07) is 13.2. The van der Waals surface area contributed by atoms with Gasteiger partial charge in [0.15, 0.2) is 17.2 Å². The molecule has 0 fully saturated rings. The summed E-state index contributed by atoms with van der Waals surface area (Å²) in [4.78, 5) is 16.9. The first-order valence-corrected chi connectivity index (χ1v) is 8.66. The highest BCUT2D eigenvalue weighted by molar-refractivity contribution is 6.43. The molecule has 2 aromatic carbocycles. The number of ether oxygens (including phenoxy) is 3. The minimum Gasteiger partial charge on any atom is -0.485 e. The van der Waals surface area contributed by atoms with E-state index < -0.39 is 5.97 Å². The normalized spacial score (nSPS) is 14.9. The second-order valence-electron chi connectivity index (χ2n) is 6.84. The first-order chi connectivity index (χ1) is 12.9. The van der Waals surface area contributed by atoms with Crippen LogP contribution in [0.5, 0.6) is 11.5 Å². The molecule has 0 aromatic heterocycles. The van der Waals surface area contributed by atoms with Gasteiger partial charge in [-0.1, -0.05) is 41.6 Å². The summed E-state index contributed by atoms with van der Waals surface area (Å²) in [6.07, 6.45) is 0.836. The number of esters is 1. The van der Waals surface area contributed by atoms with E-state index in [1.165, 1.54) is 14.2 Å². The van der Waals surface area contributed by atoms with Gasteiger partial charge in [-0.15, -0.1) is 0 Å². The predicted molar refractivity (Wildman–Crippen MR) is 101 cm³/mol. The zero-order chi connectivity index (χ0) is 19.4. The van der Waals surface area contributed by atoms with Crippen molar-refractivity contribution in [2.45, 2.75) is 32.5 Å². The van der Waals surface area contributed by atoms with Gasteiger partial charge in [-0.05, 0) is 25.5 Å². The molecule has 6 heteroatoms. The number of oxime groups is 1. The highest BCUT2D eigenvalue weighted by Gasteiger charge is 2.32. The maximum absolute atomic E-state index is 12.1. The Kier molecular flexibility index (Phi) is 5.35. The van der Waals surface area contributed by atoms with Crippen LogP contribution in [-0.4, -0.2) is 31.5 Å². The Morgan fingerprint density at radius 2 is 1.93 bits per heavy atom. The molecule has 1 aliphatic rings. The highest BCUT2D eigenvalue weighted by Crippen LogP contribution is 2.42. The molecular weight excluding hydrogens is 346 g/mol. The molecule has 1 aliphatic heterocycles. The fourth-order valence-electron chi connectivity index (χ4n) is 3.12. The topological polar surface area (TPSA) is 66.4 Å². The monoisotopic (exact) mass is 369 g/mol. The molecule has 2 aromatic rings. The Morgan fingerprint density at radius 1 is 1.15 bits per heavy atom. The van der Waals surface area contributed by atoms with Gasteiger partial charge in [0.05, 0.1) is 7.11 Å². The fourth-order valence-corrected chi connectivity index (χ4v) is 3.12. The second-order valence-corrected chi connectivity index (χ2v) is 6.84. The van der Waals surface area contributed by atoms with Crippen LogP contribution in [0.2, 0.25) is 0 Å². The van der Waals surface area contributed by atoms with Gasteiger partial charge >= 0.3 is 5.97 Å². The van der Waals surface area contributed by atoms with Crippen molar-refractivity contribution in [3.8, 4) is 11.5 Å². The quantitative estimate of drug-likeness (QED) is 0.443. The van der Waals surface area contributed by atoms with Crippen LogP contribution in [0, 0.1) is 0 Å². The molecule has 0 N–H and O–H groups in total. The average molecular weight is 369 g/mol. The molecule has 0 bridgehead atoms. The van der Waals surface area contributed by atoms with E-state index in [0.29, 0.717) is 11.3 Å². The molecule has 27 heavy (non-hydrogen) atoms. The SMILES string of the molecule is CO/N=C(/C(=O)OC)c1ccccc1COc1cccc2c1OC(C)(C)C2. The minimum atomic E-state index is -0.574. The van der Waals surface area contributed by atoms with Gasteiger partial charge in [0, 0.05) is 17.5 Å². The van der Waals surface area contributed by atoms with E-state index in [4.69, 9.17) is 19.0 Å². The molecule has 0 aliphatic carbocycles. The molecule has 142 valence electrons. The Hall–Kier alpha value is -3.02. The van der Waals surface area contributed by atoms with Gasteiger partial charge in [0.25, 0.3) is 0 Å². The summed E-state index contributed by atoms with van der Waals surface area (Å²) < 4.78 is 16.9. The van der Waals surface area contributed by atoms with Crippen LogP contribution in [-0.2, 0) is 27.4 Å². The van der Waals surface area contributed by atoms with E-state index >= 15 is 0 Å². The molecular formula is C21H23NO5. The minimum absolute atomic E-state index is 0.0925. The van der Waals surface area contributed by atoms with Crippen LogP contribution in [0.3, 0.4) is 0 Å². The molecule has 0 saturated carbocycles. The van der Waals surface area contributed by atoms with E-state index in [-0.39, 0.29) is 17.9 Å². The largest absolute Gasteiger partial charge is 0.485 e. The summed E-state index contributed by atoms with van der Waals surface area (Å²) in [5.41, 5.74) is 2.36. The lowest BCUT2D eigenvalue weighted by Crippen LogP contribution is -2.24. The van der Waals surface area contributed by atoms with Gasteiger partial charge in [-0.3, -0.25) is 0 Å². The van der Waals surface area contributed by atoms with Crippen LogP contribution >= 0.6 is 0 Å².